The third kappa shape index (κ3) is 2.36. The SMILES string of the molecule is C[C@]12CCC(=O)N1[C@H](C(=O)N(Cc1ccsc1)C1CC1)CS2. The molecule has 2 atom stereocenters. The van der Waals surface area contributed by atoms with Crippen molar-refractivity contribution in [3.8, 4) is 0 Å². The van der Waals surface area contributed by atoms with E-state index in [0.29, 0.717) is 19.0 Å². The fraction of sp³-hybridized carbons (Fsp3) is 0.625. The number of carbonyl (C=O) groups is 2. The predicted molar refractivity (Wildman–Crippen MR) is 88.6 cm³/mol. The molecule has 1 saturated carbocycles. The van der Waals surface area contributed by atoms with E-state index in [1.807, 2.05) is 9.80 Å². The van der Waals surface area contributed by atoms with Crippen LogP contribution < -0.4 is 0 Å². The molecule has 3 aliphatic rings. The lowest BCUT2D eigenvalue weighted by Gasteiger charge is -2.33. The van der Waals surface area contributed by atoms with Crippen LogP contribution >= 0.6 is 23.1 Å². The number of nitrogens with zero attached hydrogens (tertiary/aromatic N) is 2. The molecule has 3 heterocycles. The summed E-state index contributed by atoms with van der Waals surface area (Å²) in [5.74, 6) is 1.05. The molecule has 0 radical (unpaired) electrons. The summed E-state index contributed by atoms with van der Waals surface area (Å²) >= 11 is 3.44. The quantitative estimate of drug-likeness (QED) is 0.849. The molecule has 2 amide bonds. The fourth-order valence-electron chi connectivity index (χ4n) is 3.55. The van der Waals surface area contributed by atoms with Crippen molar-refractivity contribution in [2.24, 2.45) is 0 Å². The number of rotatable bonds is 4. The number of hydrogen-bond acceptors (Lipinski definition) is 4. The van der Waals surface area contributed by atoms with Crippen LogP contribution in [-0.2, 0) is 16.1 Å². The van der Waals surface area contributed by atoms with Gasteiger partial charge in [0.05, 0.1) is 4.87 Å². The molecule has 22 heavy (non-hydrogen) atoms. The number of thioether (sulfide) groups is 1. The van der Waals surface area contributed by atoms with Gasteiger partial charge < -0.3 is 9.80 Å². The lowest BCUT2D eigenvalue weighted by Crippen LogP contribution is -2.51. The van der Waals surface area contributed by atoms with Crippen molar-refractivity contribution in [2.75, 3.05) is 5.75 Å². The first kappa shape index (κ1) is 14.6. The van der Waals surface area contributed by atoms with Crippen LogP contribution in [0.1, 0.15) is 38.2 Å². The molecule has 0 unspecified atom stereocenters. The molecule has 0 aromatic carbocycles. The van der Waals surface area contributed by atoms with Crippen LogP contribution in [0.15, 0.2) is 16.8 Å². The molecular formula is C16H20N2O2S2. The Bertz CT molecular complexity index is 599. The molecule has 6 heteroatoms. The van der Waals surface area contributed by atoms with Crippen LogP contribution in [0, 0.1) is 0 Å². The average Bonchev–Trinajstić information content (AvgIpc) is 2.96. The summed E-state index contributed by atoms with van der Waals surface area (Å²) in [6.07, 6.45) is 3.65. The van der Waals surface area contributed by atoms with Gasteiger partial charge in [0.1, 0.15) is 6.04 Å². The van der Waals surface area contributed by atoms with Gasteiger partial charge in [-0.25, -0.2) is 0 Å². The zero-order chi connectivity index (χ0) is 15.3. The summed E-state index contributed by atoms with van der Waals surface area (Å²) in [7, 11) is 0. The average molecular weight is 336 g/mol. The second-order valence-corrected chi connectivity index (χ2v) is 8.88. The number of fused-ring (bicyclic) bond motifs is 1. The van der Waals surface area contributed by atoms with E-state index in [9.17, 15) is 9.59 Å². The van der Waals surface area contributed by atoms with Gasteiger partial charge in [0.15, 0.2) is 0 Å². The van der Waals surface area contributed by atoms with Gasteiger partial charge in [0.25, 0.3) is 0 Å². The van der Waals surface area contributed by atoms with E-state index in [0.717, 1.165) is 25.0 Å². The maximum absolute atomic E-state index is 13.1. The second kappa shape index (κ2) is 5.27. The first-order valence-electron chi connectivity index (χ1n) is 7.86. The summed E-state index contributed by atoms with van der Waals surface area (Å²) in [4.78, 5) is 29.1. The fourth-order valence-corrected chi connectivity index (χ4v) is 5.63. The largest absolute Gasteiger partial charge is 0.334 e. The minimum atomic E-state index is -0.260. The van der Waals surface area contributed by atoms with Crippen molar-refractivity contribution in [2.45, 2.75) is 56.1 Å². The van der Waals surface area contributed by atoms with Gasteiger partial charge in [-0.1, -0.05) is 0 Å². The number of amides is 2. The summed E-state index contributed by atoms with van der Waals surface area (Å²) in [6.45, 7) is 2.79. The molecule has 0 spiro atoms. The Hall–Kier alpha value is -1.01. The van der Waals surface area contributed by atoms with E-state index in [2.05, 4.69) is 23.8 Å². The van der Waals surface area contributed by atoms with E-state index < -0.39 is 0 Å². The third-order valence-corrected chi connectivity index (χ3v) is 7.17. The van der Waals surface area contributed by atoms with E-state index in [-0.39, 0.29) is 22.7 Å². The van der Waals surface area contributed by atoms with E-state index in [1.165, 1.54) is 5.56 Å². The van der Waals surface area contributed by atoms with Crippen LogP contribution in [0.4, 0.5) is 0 Å². The Balaban J connectivity index is 1.55. The van der Waals surface area contributed by atoms with Gasteiger partial charge in [0, 0.05) is 24.8 Å². The first-order valence-corrected chi connectivity index (χ1v) is 9.79. The number of thiophene rings is 1. The van der Waals surface area contributed by atoms with E-state index in [1.54, 1.807) is 23.1 Å². The molecule has 3 fully saturated rings. The lowest BCUT2D eigenvalue weighted by molar-refractivity contribution is -0.144. The van der Waals surface area contributed by atoms with Crippen molar-refractivity contribution in [1.82, 2.24) is 9.80 Å². The van der Waals surface area contributed by atoms with Crippen LogP contribution in [0.5, 0.6) is 0 Å². The van der Waals surface area contributed by atoms with Crippen molar-refractivity contribution in [3.05, 3.63) is 22.4 Å². The molecule has 2 saturated heterocycles. The topological polar surface area (TPSA) is 40.6 Å². The van der Waals surface area contributed by atoms with Crippen LogP contribution in [0.25, 0.3) is 0 Å². The molecule has 0 N–H and O–H groups in total. The summed E-state index contributed by atoms with van der Waals surface area (Å²) in [6, 6.07) is 2.20. The summed E-state index contributed by atoms with van der Waals surface area (Å²) in [5.41, 5.74) is 1.20. The maximum Gasteiger partial charge on any atom is 0.246 e. The maximum atomic E-state index is 13.1. The minimum Gasteiger partial charge on any atom is -0.334 e. The number of carbonyl (C=O) groups excluding carboxylic acids is 2. The van der Waals surface area contributed by atoms with Gasteiger partial charge in [-0.2, -0.15) is 11.3 Å². The van der Waals surface area contributed by atoms with Crippen LogP contribution in [0.3, 0.4) is 0 Å². The summed E-state index contributed by atoms with van der Waals surface area (Å²) < 4.78 is 0. The normalized spacial score (nSPS) is 30.7. The smallest absolute Gasteiger partial charge is 0.246 e. The van der Waals surface area contributed by atoms with Crippen molar-refractivity contribution >= 4 is 34.9 Å². The van der Waals surface area contributed by atoms with E-state index >= 15 is 0 Å². The molecule has 4 nitrogen and oxygen atoms in total. The second-order valence-electron chi connectivity index (χ2n) is 6.59. The molecule has 1 aromatic rings. The molecular weight excluding hydrogens is 316 g/mol. The zero-order valence-corrected chi connectivity index (χ0v) is 14.3. The highest BCUT2D eigenvalue weighted by molar-refractivity contribution is 8.01. The van der Waals surface area contributed by atoms with Gasteiger partial charge in [-0.15, -0.1) is 11.8 Å². The minimum absolute atomic E-state index is 0.150. The Labute approximate surface area is 138 Å². The Morgan fingerprint density at radius 1 is 1.50 bits per heavy atom. The highest BCUT2D eigenvalue weighted by Gasteiger charge is 2.54. The molecule has 2 aliphatic heterocycles. The van der Waals surface area contributed by atoms with E-state index in [4.69, 9.17) is 0 Å². The van der Waals surface area contributed by atoms with Gasteiger partial charge in [-0.05, 0) is 48.6 Å². The van der Waals surface area contributed by atoms with Gasteiger partial charge in [0.2, 0.25) is 11.8 Å². The monoisotopic (exact) mass is 336 g/mol. The summed E-state index contributed by atoms with van der Waals surface area (Å²) in [5, 5.41) is 4.16. The number of hydrogen-bond donors (Lipinski definition) is 0. The van der Waals surface area contributed by atoms with Crippen molar-refractivity contribution < 1.29 is 9.59 Å². The molecule has 0 bridgehead atoms. The van der Waals surface area contributed by atoms with Gasteiger partial charge in [-0.3, -0.25) is 9.59 Å². The first-order chi connectivity index (χ1) is 10.6. The van der Waals surface area contributed by atoms with Crippen LogP contribution in [-0.4, -0.2) is 44.3 Å². The van der Waals surface area contributed by atoms with Gasteiger partial charge >= 0.3 is 0 Å². The molecule has 118 valence electrons. The lowest BCUT2D eigenvalue weighted by atomic mass is 10.2. The van der Waals surface area contributed by atoms with Crippen molar-refractivity contribution in [3.63, 3.8) is 0 Å². The highest BCUT2D eigenvalue weighted by Crippen LogP contribution is 2.48. The Morgan fingerprint density at radius 2 is 2.32 bits per heavy atom. The zero-order valence-electron chi connectivity index (χ0n) is 12.7. The molecule has 1 aliphatic carbocycles. The molecule has 4 rings (SSSR count). The highest BCUT2D eigenvalue weighted by atomic mass is 32.2. The Kier molecular flexibility index (Phi) is 3.49. The predicted octanol–water partition coefficient (Wildman–Crippen LogP) is 2.69. The van der Waals surface area contributed by atoms with Crippen molar-refractivity contribution in [1.29, 1.82) is 0 Å². The molecule has 1 aromatic heterocycles. The Morgan fingerprint density at radius 3 is 3.00 bits per heavy atom. The standard InChI is InChI=1S/C16H20N2O2S2/c1-16-6-4-14(19)18(16)13(10-22-16)15(20)17(12-2-3-12)8-11-5-7-21-9-11/h5,7,9,12-13H,2-4,6,8,10H2,1H3/t13-,16-/m0/s1. The van der Waals surface area contributed by atoms with Crippen LogP contribution in [0.2, 0.25) is 0 Å². The third-order valence-electron chi connectivity index (χ3n) is 4.93.